The monoisotopic (exact) mass is 308 g/mol. The van der Waals surface area contributed by atoms with Crippen molar-refractivity contribution in [2.45, 2.75) is 19.5 Å². The lowest BCUT2D eigenvalue weighted by Crippen LogP contribution is -2.11. The predicted molar refractivity (Wildman–Crippen MR) is 89.4 cm³/mol. The second kappa shape index (κ2) is 5.66. The van der Waals surface area contributed by atoms with Crippen LogP contribution < -0.4 is 4.74 Å². The molecule has 2 aromatic heterocycles. The van der Waals surface area contributed by atoms with Gasteiger partial charge in [-0.15, -0.1) is 0 Å². The summed E-state index contributed by atoms with van der Waals surface area (Å²) in [6.45, 7) is 4.73. The van der Waals surface area contributed by atoms with E-state index in [-0.39, 0.29) is 0 Å². The minimum Gasteiger partial charge on any atom is -0.490 e. The molecule has 1 aliphatic heterocycles. The van der Waals surface area contributed by atoms with Gasteiger partial charge in [-0.3, -0.25) is 9.58 Å². The number of para-hydroxylation sites is 1. The van der Waals surface area contributed by atoms with E-state index in [9.17, 15) is 0 Å². The number of hydrogen-bond acceptors (Lipinski definition) is 4. The summed E-state index contributed by atoms with van der Waals surface area (Å²) in [5.74, 6) is 0.886. The van der Waals surface area contributed by atoms with Gasteiger partial charge < -0.3 is 4.74 Å². The largest absolute Gasteiger partial charge is 0.490 e. The Kier molecular flexibility index (Phi) is 3.50. The summed E-state index contributed by atoms with van der Waals surface area (Å²) in [4.78, 5) is 7.00. The third-order valence-electron chi connectivity index (χ3n) is 4.27. The zero-order valence-corrected chi connectivity index (χ0v) is 13.4. The highest BCUT2D eigenvalue weighted by molar-refractivity contribution is 5.80. The van der Waals surface area contributed by atoms with Crippen LogP contribution in [0.5, 0.6) is 5.75 Å². The van der Waals surface area contributed by atoms with E-state index in [1.165, 1.54) is 5.56 Å². The summed E-state index contributed by atoms with van der Waals surface area (Å²) in [7, 11) is 1.95. The Labute approximate surface area is 135 Å². The van der Waals surface area contributed by atoms with Crippen LogP contribution in [0.15, 0.2) is 42.7 Å². The Balaban J connectivity index is 1.37. The van der Waals surface area contributed by atoms with Gasteiger partial charge in [-0.25, -0.2) is 4.98 Å². The highest BCUT2D eigenvalue weighted by atomic mass is 16.5. The summed E-state index contributed by atoms with van der Waals surface area (Å²) >= 11 is 0. The van der Waals surface area contributed by atoms with Crippen LogP contribution in [0, 0.1) is 6.92 Å². The molecule has 1 saturated heterocycles. The van der Waals surface area contributed by atoms with Gasteiger partial charge in [0.15, 0.2) is 0 Å². The molecule has 0 bridgehead atoms. The van der Waals surface area contributed by atoms with Gasteiger partial charge in [-0.2, -0.15) is 5.10 Å². The quantitative estimate of drug-likeness (QED) is 0.679. The van der Waals surface area contributed by atoms with Gasteiger partial charge in [0.1, 0.15) is 12.4 Å². The molecule has 2 atom stereocenters. The minimum atomic E-state index is 0.487. The van der Waals surface area contributed by atoms with E-state index in [0.29, 0.717) is 12.6 Å². The van der Waals surface area contributed by atoms with Gasteiger partial charge in [0.25, 0.3) is 0 Å². The fraction of sp³-hybridized carbons (Fsp3) is 0.333. The SMILES string of the molecule is Cc1nc2ccccc2cc1OCC1CN1Cc1cnn(C)c1. The molecular weight excluding hydrogens is 288 g/mol. The van der Waals surface area contributed by atoms with Crippen LogP contribution in [0.2, 0.25) is 0 Å². The van der Waals surface area contributed by atoms with Crippen LogP contribution >= 0.6 is 0 Å². The highest BCUT2D eigenvalue weighted by Crippen LogP contribution is 2.25. The molecule has 3 heterocycles. The second-order valence-corrected chi connectivity index (χ2v) is 6.18. The zero-order chi connectivity index (χ0) is 15.8. The Morgan fingerprint density at radius 1 is 1.30 bits per heavy atom. The third kappa shape index (κ3) is 3.05. The average molecular weight is 308 g/mol. The molecule has 1 fully saturated rings. The Hall–Kier alpha value is -2.40. The van der Waals surface area contributed by atoms with Crippen molar-refractivity contribution in [3.05, 3.63) is 54.0 Å². The number of ether oxygens (including phenoxy) is 1. The lowest BCUT2D eigenvalue weighted by molar-refractivity contribution is 0.290. The average Bonchev–Trinajstić information content (AvgIpc) is 3.15. The normalized spacial score (nSPS) is 19.9. The van der Waals surface area contributed by atoms with Gasteiger partial charge in [0.2, 0.25) is 0 Å². The molecule has 5 nitrogen and oxygen atoms in total. The van der Waals surface area contributed by atoms with Crippen LogP contribution in [0.4, 0.5) is 0 Å². The second-order valence-electron chi connectivity index (χ2n) is 6.18. The number of rotatable bonds is 5. The van der Waals surface area contributed by atoms with Crippen molar-refractivity contribution in [1.82, 2.24) is 19.7 Å². The van der Waals surface area contributed by atoms with Gasteiger partial charge >= 0.3 is 0 Å². The van der Waals surface area contributed by atoms with Crippen LogP contribution in [0.3, 0.4) is 0 Å². The van der Waals surface area contributed by atoms with Gasteiger partial charge in [0, 0.05) is 37.3 Å². The summed E-state index contributed by atoms with van der Waals surface area (Å²) < 4.78 is 7.86. The fourth-order valence-electron chi connectivity index (χ4n) is 2.89. The maximum absolute atomic E-state index is 6.02. The lowest BCUT2D eigenvalue weighted by atomic mass is 10.2. The molecule has 23 heavy (non-hydrogen) atoms. The van der Waals surface area contributed by atoms with Crippen LogP contribution in [-0.2, 0) is 13.6 Å². The summed E-state index contributed by atoms with van der Waals surface area (Å²) in [5.41, 5.74) is 3.21. The molecule has 118 valence electrons. The van der Waals surface area contributed by atoms with E-state index in [0.717, 1.165) is 35.4 Å². The number of nitrogens with zero attached hydrogens (tertiary/aromatic N) is 4. The Bertz CT molecular complexity index is 842. The summed E-state index contributed by atoms with van der Waals surface area (Å²) in [6, 6.07) is 10.7. The number of pyridine rings is 1. The number of fused-ring (bicyclic) bond motifs is 1. The predicted octanol–water partition coefficient (Wildman–Crippen LogP) is 2.54. The van der Waals surface area contributed by atoms with E-state index in [1.54, 1.807) is 0 Å². The first kappa shape index (κ1) is 14.2. The van der Waals surface area contributed by atoms with Crippen molar-refractivity contribution in [3.63, 3.8) is 0 Å². The first-order valence-electron chi connectivity index (χ1n) is 7.90. The molecule has 2 unspecified atom stereocenters. The molecule has 0 spiro atoms. The van der Waals surface area contributed by atoms with Crippen LogP contribution in [0.25, 0.3) is 10.9 Å². The Morgan fingerprint density at radius 3 is 3.00 bits per heavy atom. The van der Waals surface area contributed by atoms with Crippen molar-refractivity contribution in [2.75, 3.05) is 13.2 Å². The topological polar surface area (TPSA) is 43.0 Å². The zero-order valence-electron chi connectivity index (χ0n) is 13.4. The van der Waals surface area contributed by atoms with E-state index in [2.05, 4.69) is 33.3 Å². The van der Waals surface area contributed by atoms with Crippen molar-refractivity contribution < 1.29 is 4.74 Å². The lowest BCUT2D eigenvalue weighted by Gasteiger charge is -2.10. The van der Waals surface area contributed by atoms with Crippen molar-refractivity contribution in [3.8, 4) is 5.75 Å². The molecule has 0 N–H and O–H groups in total. The van der Waals surface area contributed by atoms with E-state index in [4.69, 9.17) is 4.74 Å². The number of hydrogen-bond donors (Lipinski definition) is 0. The standard InChI is InChI=1S/C18H20N4O/c1-13-18(7-15-5-3-4-6-17(15)20-13)23-12-16-11-22(16)10-14-8-19-21(2)9-14/h3-9,16H,10-12H2,1-2H3. The van der Waals surface area contributed by atoms with E-state index >= 15 is 0 Å². The van der Waals surface area contributed by atoms with Crippen molar-refractivity contribution in [2.24, 2.45) is 7.05 Å². The Morgan fingerprint density at radius 2 is 2.17 bits per heavy atom. The van der Waals surface area contributed by atoms with Crippen LogP contribution in [-0.4, -0.2) is 38.9 Å². The maximum Gasteiger partial charge on any atom is 0.141 e. The maximum atomic E-state index is 6.02. The molecule has 0 amide bonds. The molecule has 0 saturated carbocycles. The fourth-order valence-corrected chi connectivity index (χ4v) is 2.89. The summed E-state index contributed by atoms with van der Waals surface area (Å²) in [6.07, 6.45) is 3.99. The molecule has 0 aliphatic carbocycles. The molecule has 0 radical (unpaired) electrons. The number of aromatic nitrogens is 3. The van der Waals surface area contributed by atoms with Gasteiger partial charge in [-0.1, -0.05) is 18.2 Å². The van der Waals surface area contributed by atoms with Crippen molar-refractivity contribution in [1.29, 1.82) is 0 Å². The molecule has 1 aliphatic rings. The molecule has 3 aromatic rings. The first-order chi connectivity index (χ1) is 11.2. The van der Waals surface area contributed by atoms with Gasteiger partial charge in [-0.05, 0) is 19.1 Å². The van der Waals surface area contributed by atoms with E-state index < -0.39 is 0 Å². The van der Waals surface area contributed by atoms with Crippen molar-refractivity contribution >= 4 is 10.9 Å². The number of aryl methyl sites for hydroxylation is 2. The minimum absolute atomic E-state index is 0.487. The molecule has 1 aromatic carbocycles. The van der Waals surface area contributed by atoms with E-state index in [1.807, 2.05) is 43.0 Å². The molecule has 4 rings (SSSR count). The number of benzene rings is 1. The van der Waals surface area contributed by atoms with Crippen LogP contribution in [0.1, 0.15) is 11.3 Å². The smallest absolute Gasteiger partial charge is 0.141 e. The summed E-state index contributed by atoms with van der Waals surface area (Å²) in [5, 5.41) is 5.33. The highest BCUT2D eigenvalue weighted by Gasteiger charge is 2.34. The third-order valence-corrected chi connectivity index (χ3v) is 4.27. The van der Waals surface area contributed by atoms with Gasteiger partial charge in [0.05, 0.1) is 23.4 Å². The first-order valence-corrected chi connectivity index (χ1v) is 7.90. The molecular formula is C18H20N4O. The molecule has 5 heteroatoms.